The van der Waals surface area contributed by atoms with Crippen LogP contribution in [0.4, 0.5) is 0 Å². The second-order valence-corrected chi connectivity index (χ2v) is 10.2. The van der Waals surface area contributed by atoms with Gasteiger partial charge in [-0.2, -0.15) is 5.10 Å². The number of aryl methyl sites for hydroxylation is 1. The predicted octanol–water partition coefficient (Wildman–Crippen LogP) is 3.95. The Balaban J connectivity index is 1.52. The lowest BCUT2D eigenvalue weighted by Gasteiger charge is -2.36. The maximum Gasteiger partial charge on any atom is 0.230 e. The zero-order chi connectivity index (χ0) is 19.7. The minimum absolute atomic E-state index is 0.0129. The molecule has 0 aliphatic heterocycles. The van der Waals surface area contributed by atoms with Gasteiger partial charge in [0.1, 0.15) is 5.01 Å². The van der Waals surface area contributed by atoms with Crippen LogP contribution in [0.1, 0.15) is 42.6 Å². The van der Waals surface area contributed by atoms with Crippen molar-refractivity contribution in [1.29, 1.82) is 0 Å². The molecule has 3 aromatic rings. The number of fused-ring (bicyclic) bond motifs is 1. The molecular formula is C20H23N5OS2. The molecule has 0 saturated heterocycles. The smallest absolute Gasteiger partial charge is 0.230 e. The molecule has 0 saturated carbocycles. The fourth-order valence-corrected chi connectivity index (χ4v) is 5.29. The first-order valence-electron chi connectivity index (χ1n) is 9.26. The van der Waals surface area contributed by atoms with Gasteiger partial charge in [0.05, 0.1) is 29.4 Å². The number of nitrogens with one attached hydrogen (secondary N) is 1. The summed E-state index contributed by atoms with van der Waals surface area (Å²) < 4.78 is 2.84. The van der Waals surface area contributed by atoms with E-state index in [1.807, 2.05) is 36.0 Å². The molecule has 8 heteroatoms. The second-order valence-electron chi connectivity index (χ2n) is 7.83. The van der Waals surface area contributed by atoms with Gasteiger partial charge < -0.3 is 5.32 Å². The first-order chi connectivity index (χ1) is 13.4. The number of amides is 1. The second kappa shape index (κ2) is 7.67. The maximum absolute atomic E-state index is 12.6. The number of nitrogens with zero attached hydrogens (tertiary/aromatic N) is 4. The van der Waals surface area contributed by atoms with E-state index in [1.54, 1.807) is 0 Å². The average Bonchev–Trinajstić information content (AvgIpc) is 3.26. The molecule has 1 amide bonds. The van der Waals surface area contributed by atoms with Crippen LogP contribution < -0.4 is 5.32 Å². The lowest BCUT2D eigenvalue weighted by Crippen LogP contribution is -2.37. The summed E-state index contributed by atoms with van der Waals surface area (Å²) >= 11 is 2.95. The number of carbonyl (C=O) groups excluding carboxylic acids is 1. The van der Waals surface area contributed by atoms with Crippen molar-refractivity contribution in [1.82, 2.24) is 25.3 Å². The molecule has 1 N–H and O–H groups in total. The number of benzene rings is 1. The highest BCUT2D eigenvalue weighted by Gasteiger charge is 2.36. The van der Waals surface area contributed by atoms with Crippen LogP contribution in [0.5, 0.6) is 0 Å². The Labute approximate surface area is 172 Å². The summed E-state index contributed by atoms with van der Waals surface area (Å²) in [5, 5.41) is 16.8. The molecule has 1 aromatic carbocycles. The molecule has 0 bridgehead atoms. The quantitative estimate of drug-likeness (QED) is 0.641. The molecule has 6 nitrogen and oxygen atoms in total. The highest BCUT2D eigenvalue weighted by molar-refractivity contribution is 8.01. The Bertz CT molecular complexity index is 980. The fourth-order valence-electron chi connectivity index (χ4n) is 3.66. The highest BCUT2D eigenvalue weighted by Crippen LogP contribution is 2.41. The monoisotopic (exact) mass is 413 g/mol. The zero-order valence-corrected chi connectivity index (χ0v) is 17.8. The van der Waals surface area contributed by atoms with E-state index < -0.39 is 0 Å². The van der Waals surface area contributed by atoms with Crippen molar-refractivity contribution in [2.75, 3.05) is 5.75 Å². The Morgan fingerprint density at radius 2 is 2.11 bits per heavy atom. The molecular weight excluding hydrogens is 390 g/mol. The number of aromatic nitrogens is 4. The summed E-state index contributed by atoms with van der Waals surface area (Å²) in [6, 6.07) is 10.1. The maximum atomic E-state index is 12.6. The SMILES string of the molecule is Cc1nnc(SCC(=O)N[C@H]2CC(C)(C)Cc3c2cnn3-c2ccccc2)s1. The molecule has 1 aliphatic carbocycles. The standard InChI is InChI=1S/C20H23N5OS2/c1-13-23-24-19(28-13)27-12-18(26)22-16-9-20(2,3)10-17-15(16)11-21-25(17)14-7-5-4-6-8-14/h4-8,11,16H,9-10,12H2,1-3H3,(H,22,26)/t16-/m0/s1. The third kappa shape index (κ3) is 4.12. The number of rotatable bonds is 5. The number of thioether (sulfide) groups is 1. The van der Waals surface area contributed by atoms with Gasteiger partial charge in [0.25, 0.3) is 0 Å². The Hall–Kier alpha value is -2.19. The van der Waals surface area contributed by atoms with E-state index in [9.17, 15) is 4.79 Å². The Morgan fingerprint density at radius 3 is 2.82 bits per heavy atom. The third-order valence-electron chi connectivity index (χ3n) is 4.85. The summed E-state index contributed by atoms with van der Waals surface area (Å²) in [7, 11) is 0. The number of carbonyl (C=O) groups is 1. The molecule has 1 atom stereocenters. The van der Waals surface area contributed by atoms with Crippen LogP contribution in [-0.2, 0) is 11.2 Å². The average molecular weight is 414 g/mol. The van der Waals surface area contributed by atoms with Gasteiger partial charge >= 0.3 is 0 Å². The molecule has 0 fully saturated rings. The summed E-state index contributed by atoms with van der Waals surface area (Å²) in [5.41, 5.74) is 3.43. The summed E-state index contributed by atoms with van der Waals surface area (Å²) in [5.74, 6) is 0.354. The summed E-state index contributed by atoms with van der Waals surface area (Å²) in [6.45, 7) is 6.41. The minimum Gasteiger partial charge on any atom is -0.348 e. The predicted molar refractivity (Wildman–Crippen MR) is 112 cm³/mol. The third-order valence-corrected chi connectivity index (χ3v) is 6.82. The van der Waals surface area contributed by atoms with Crippen LogP contribution in [0.3, 0.4) is 0 Å². The first kappa shape index (κ1) is 19.1. The van der Waals surface area contributed by atoms with Gasteiger partial charge in [0.2, 0.25) is 5.91 Å². The van der Waals surface area contributed by atoms with Gasteiger partial charge in [-0.3, -0.25) is 4.79 Å². The topological polar surface area (TPSA) is 72.7 Å². The molecule has 146 valence electrons. The number of hydrogen-bond donors (Lipinski definition) is 1. The van der Waals surface area contributed by atoms with E-state index in [0.717, 1.165) is 33.4 Å². The van der Waals surface area contributed by atoms with Crippen molar-refractivity contribution < 1.29 is 4.79 Å². The van der Waals surface area contributed by atoms with Crippen LogP contribution in [-0.4, -0.2) is 31.6 Å². The zero-order valence-electron chi connectivity index (χ0n) is 16.2. The Kier molecular flexibility index (Phi) is 5.25. The largest absolute Gasteiger partial charge is 0.348 e. The lowest BCUT2D eigenvalue weighted by atomic mass is 9.74. The molecule has 0 radical (unpaired) electrons. The van der Waals surface area contributed by atoms with Crippen molar-refractivity contribution in [3.63, 3.8) is 0 Å². The lowest BCUT2D eigenvalue weighted by molar-refractivity contribution is -0.119. The van der Waals surface area contributed by atoms with Gasteiger partial charge in [-0.05, 0) is 37.3 Å². The number of para-hydroxylation sites is 1. The van der Waals surface area contributed by atoms with E-state index in [4.69, 9.17) is 0 Å². The summed E-state index contributed by atoms with van der Waals surface area (Å²) in [6.07, 6.45) is 3.74. The molecule has 1 aliphatic rings. The van der Waals surface area contributed by atoms with Crippen molar-refractivity contribution in [3.8, 4) is 5.69 Å². The Morgan fingerprint density at radius 1 is 1.32 bits per heavy atom. The number of hydrogen-bond acceptors (Lipinski definition) is 6. The molecule has 2 aromatic heterocycles. The molecule has 4 rings (SSSR count). The summed E-state index contributed by atoms with van der Waals surface area (Å²) in [4.78, 5) is 12.6. The first-order valence-corrected chi connectivity index (χ1v) is 11.1. The highest BCUT2D eigenvalue weighted by atomic mass is 32.2. The van der Waals surface area contributed by atoms with Crippen molar-refractivity contribution in [2.45, 2.75) is 44.0 Å². The van der Waals surface area contributed by atoms with E-state index >= 15 is 0 Å². The molecule has 28 heavy (non-hydrogen) atoms. The van der Waals surface area contributed by atoms with E-state index in [2.05, 4.69) is 46.6 Å². The van der Waals surface area contributed by atoms with Crippen molar-refractivity contribution in [3.05, 3.63) is 52.8 Å². The molecule has 0 spiro atoms. The van der Waals surface area contributed by atoms with Gasteiger partial charge in [-0.15, -0.1) is 10.2 Å². The molecule has 0 unspecified atom stereocenters. The fraction of sp³-hybridized carbons (Fsp3) is 0.400. The van der Waals surface area contributed by atoms with E-state index in [-0.39, 0.29) is 17.4 Å². The minimum atomic E-state index is -0.0273. The van der Waals surface area contributed by atoms with Crippen LogP contribution in [0, 0.1) is 12.3 Å². The van der Waals surface area contributed by atoms with Crippen LogP contribution >= 0.6 is 23.1 Å². The van der Waals surface area contributed by atoms with Gasteiger partial charge in [-0.1, -0.05) is 55.1 Å². The van der Waals surface area contributed by atoms with Crippen molar-refractivity contribution in [2.24, 2.45) is 5.41 Å². The van der Waals surface area contributed by atoms with Crippen LogP contribution in [0.25, 0.3) is 5.69 Å². The normalized spacial score (nSPS) is 17.9. The van der Waals surface area contributed by atoms with E-state index in [0.29, 0.717) is 5.75 Å². The van der Waals surface area contributed by atoms with Gasteiger partial charge in [-0.25, -0.2) is 4.68 Å². The van der Waals surface area contributed by atoms with Gasteiger partial charge in [0.15, 0.2) is 4.34 Å². The van der Waals surface area contributed by atoms with Gasteiger partial charge in [0, 0.05) is 5.56 Å². The van der Waals surface area contributed by atoms with Crippen LogP contribution in [0.2, 0.25) is 0 Å². The molecule has 2 heterocycles. The van der Waals surface area contributed by atoms with Crippen molar-refractivity contribution >= 4 is 29.0 Å². The van der Waals surface area contributed by atoms with Crippen LogP contribution in [0.15, 0.2) is 40.9 Å². The van der Waals surface area contributed by atoms with E-state index in [1.165, 1.54) is 28.8 Å².